The van der Waals surface area contributed by atoms with Crippen LogP contribution in [0, 0.1) is 12.7 Å². The molecular formula is C27H24FN3O3. The van der Waals surface area contributed by atoms with Crippen molar-refractivity contribution >= 4 is 5.91 Å². The molecule has 2 N–H and O–H groups in total. The first-order chi connectivity index (χ1) is 16.5. The van der Waals surface area contributed by atoms with Gasteiger partial charge in [0.15, 0.2) is 0 Å². The van der Waals surface area contributed by atoms with Crippen LogP contribution in [0.3, 0.4) is 0 Å². The van der Waals surface area contributed by atoms with Gasteiger partial charge in [-0.05, 0) is 54.8 Å². The van der Waals surface area contributed by atoms with Crippen molar-refractivity contribution in [3.63, 3.8) is 0 Å². The molecular weight excluding hydrogens is 433 g/mol. The van der Waals surface area contributed by atoms with Crippen LogP contribution < -0.4 is 4.74 Å². The normalized spacial score (nSPS) is 15.0. The van der Waals surface area contributed by atoms with E-state index in [1.54, 1.807) is 12.0 Å². The van der Waals surface area contributed by atoms with Gasteiger partial charge in [0.05, 0.1) is 13.2 Å². The molecule has 1 atom stereocenters. The average molecular weight is 458 g/mol. The van der Waals surface area contributed by atoms with Crippen LogP contribution in [0.1, 0.15) is 38.8 Å². The van der Waals surface area contributed by atoms with Crippen molar-refractivity contribution in [1.29, 1.82) is 0 Å². The summed E-state index contributed by atoms with van der Waals surface area (Å²) < 4.78 is 19.3. The summed E-state index contributed by atoms with van der Waals surface area (Å²) in [7, 11) is 1.62. The zero-order valence-corrected chi connectivity index (χ0v) is 18.9. The maximum atomic E-state index is 14.0. The topological polar surface area (TPSA) is 78.5 Å². The fourth-order valence-electron chi connectivity index (χ4n) is 4.47. The average Bonchev–Trinajstić information content (AvgIpc) is 3.39. The number of amides is 1. The van der Waals surface area contributed by atoms with Crippen molar-refractivity contribution in [1.82, 2.24) is 15.1 Å². The second-order valence-corrected chi connectivity index (χ2v) is 8.43. The molecule has 0 bridgehead atoms. The van der Waals surface area contributed by atoms with Gasteiger partial charge >= 0.3 is 0 Å². The number of benzene rings is 3. The van der Waals surface area contributed by atoms with Crippen molar-refractivity contribution < 1.29 is 19.0 Å². The molecule has 6 nitrogen and oxygen atoms in total. The number of phenolic OH excluding ortho intramolecular Hbond substituents is 1. The number of hydrogen-bond acceptors (Lipinski definition) is 4. The third-order valence-corrected chi connectivity index (χ3v) is 6.27. The minimum atomic E-state index is -0.489. The van der Waals surface area contributed by atoms with Gasteiger partial charge in [-0.15, -0.1) is 0 Å². The van der Waals surface area contributed by atoms with Gasteiger partial charge in [0.25, 0.3) is 5.91 Å². The molecule has 34 heavy (non-hydrogen) atoms. The van der Waals surface area contributed by atoms with E-state index >= 15 is 0 Å². The number of aromatic amines is 1. The highest BCUT2D eigenvalue weighted by Gasteiger charge is 2.42. The highest BCUT2D eigenvalue weighted by Crippen LogP contribution is 2.44. The quantitative estimate of drug-likeness (QED) is 0.426. The zero-order chi connectivity index (χ0) is 23.8. The lowest BCUT2D eigenvalue weighted by molar-refractivity contribution is 0.0746. The number of rotatable bonds is 6. The van der Waals surface area contributed by atoms with E-state index in [1.807, 2.05) is 55.5 Å². The predicted molar refractivity (Wildman–Crippen MR) is 126 cm³/mol. The molecule has 7 heteroatoms. The van der Waals surface area contributed by atoms with Crippen LogP contribution in [0.4, 0.5) is 4.39 Å². The van der Waals surface area contributed by atoms with E-state index in [0.717, 1.165) is 22.4 Å². The van der Waals surface area contributed by atoms with Gasteiger partial charge in [0, 0.05) is 17.7 Å². The van der Waals surface area contributed by atoms with E-state index in [0.29, 0.717) is 29.9 Å². The Morgan fingerprint density at radius 1 is 1.09 bits per heavy atom. The summed E-state index contributed by atoms with van der Waals surface area (Å²) in [6.45, 7) is 2.48. The van der Waals surface area contributed by atoms with Gasteiger partial charge in [-0.2, -0.15) is 5.10 Å². The van der Waals surface area contributed by atoms with Crippen molar-refractivity contribution in [3.8, 4) is 22.8 Å². The van der Waals surface area contributed by atoms with Gasteiger partial charge in [-0.3, -0.25) is 9.89 Å². The number of nitrogens with one attached hydrogen (secondary N) is 1. The smallest absolute Gasteiger partial charge is 0.273 e. The van der Waals surface area contributed by atoms with Crippen LogP contribution in [-0.4, -0.2) is 39.8 Å². The summed E-state index contributed by atoms with van der Waals surface area (Å²) in [5.74, 6) is 0.0162. The number of aromatic nitrogens is 2. The van der Waals surface area contributed by atoms with Crippen LogP contribution in [0.5, 0.6) is 11.5 Å². The Morgan fingerprint density at radius 2 is 1.82 bits per heavy atom. The minimum Gasteiger partial charge on any atom is -0.507 e. The lowest BCUT2D eigenvalue weighted by Gasteiger charge is -2.26. The van der Waals surface area contributed by atoms with Crippen molar-refractivity contribution in [2.75, 3.05) is 13.7 Å². The minimum absolute atomic E-state index is 0.0949. The number of ether oxygens (including phenoxy) is 1. The molecule has 0 radical (unpaired) electrons. The maximum absolute atomic E-state index is 14.0. The SMILES string of the molecule is COc1ccc(CCN2C(=O)c3[nH]nc(-c4cc(F)ccc4O)c3C2c2ccc(C)cc2)cc1. The van der Waals surface area contributed by atoms with Crippen LogP contribution in [-0.2, 0) is 6.42 Å². The first kappa shape index (κ1) is 21.7. The monoisotopic (exact) mass is 457 g/mol. The molecule has 0 saturated carbocycles. The third kappa shape index (κ3) is 3.79. The summed E-state index contributed by atoms with van der Waals surface area (Å²) in [6.07, 6.45) is 0.649. The number of aryl methyl sites for hydroxylation is 1. The zero-order valence-electron chi connectivity index (χ0n) is 18.9. The Morgan fingerprint density at radius 3 is 2.53 bits per heavy atom. The van der Waals surface area contributed by atoms with Crippen molar-refractivity contribution in [2.24, 2.45) is 0 Å². The lowest BCUT2D eigenvalue weighted by Crippen LogP contribution is -2.31. The number of nitrogens with zero attached hydrogens (tertiary/aromatic N) is 2. The fraction of sp³-hybridized carbons (Fsp3) is 0.185. The first-order valence-corrected chi connectivity index (χ1v) is 11.0. The molecule has 1 aromatic heterocycles. The molecule has 1 amide bonds. The van der Waals surface area contributed by atoms with Gasteiger partial charge in [0.1, 0.15) is 28.7 Å². The molecule has 5 rings (SSSR count). The predicted octanol–water partition coefficient (Wildman–Crippen LogP) is 5.03. The Kier molecular flexibility index (Phi) is 5.53. The Balaban J connectivity index is 1.56. The molecule has 1 aliphatic heterocycles. The molecule has 1 unspecified atom stereocenters. The van der Waals surface area contributed by atoms with Gasteiger partial charge < -0.3 is 14.7 Å². The number of carbonyl (C=O) groups is 1. The summed E-state index contributed by atoms with van der Waals surface area (Å²) in [6, 6.07) is 19.1. The second-order valence-electron chi connectivity index (χ2n) is 8.43. The number of phenols is 1. The van der Waals surface area contributed by atoms with E-state index in [1.165, 1.54) is 18.2 Å². The van der Waals surface area contributed by atoms with E-state index in [4.69, 9.17) is 4.74 Å². The third-order valence-electron chi connectivity index (χ3n) is 6.27. The summed E-state index contributed by atoms with van der Waals surface area (Å²) >= 11 is 0. The summed E-state index contributed by atoms with van der Waals surface area (Å²) in [4.78, 5) is 15.3. The van der Waals surface area contributed by atoms with Crippen LogP contribution in [0.2, 0.25) is 0 Å². The maximum Gasteiger partial charge on any atom is 0.273 e. The Hall–Kier alpha value is -4.13. The first-order valence-electron chi connectivity index (χ1n) is 11.0. The summed E-state index contributed by atoms with van der Waals surface area (Å²) in [5.41, 5.74) is 4.73. The highest BCUT2D eigenvalue weighted by molar-refractivity contribution is 6.00. The van der Waals surface area contributed by atoms with Crippen LogP contribution in [0.15, 0.2) is 66.7 Å². The molecule has 3 aromatic carbocycles. The van der Waals surface area contributed by atoms with E-state index in [2.05, 4.69) is 10.2 Å². The molecule has 0 fully saturated rings. The van der Waals surface area contributed by atoms with E-state index in [9.17, 15) is 14.3 Å². The number of hydrogen-bond donors (Lipinski definition) is 2. The number of carbonyl (C=O) groups excluding carboxylic acids is 1. The fourth-order valence-corrected chi connectivity index (χ4v) is 4.47. The van der Waals surface area contributed by atoms with Crippen LogP contribution in [0.25, 0.3) is 11.3 Å². The van der Waals surface area contributed by atoms with E-state index < -0.39 is 11.9 Å². The number of fused-ring (bicyclic) bond motifs is 1. The standard InChI is InChI=1S/C27H24FN3O3/c1-16-3-7-18(8-4-16)26-23-24(21-15-19(28)9-12-22(21)32)29-30-25(23)27(33)31(26)14-13-17-5-10-20(34-2)11-6-17/h3-12,15,26,32H,13-14H2,1-2H3,(H,29,30). The second kappa shape index (κ2) is 8.67. The molecule has 0 aliphatic carbocycles. The van der Waals surface area contributed by atoms with Gasteiger partial charge in [-0.25, -0.2) is 4.39 Å². The molecule has 1 aliphatic rings. The number of aromatic hydroxyl groups is 1. The molecule has 2 heterocycles. The molecule has 0 spiro atoms. The molecule has 172 valence electrons. The van der Waals surface area contributed by atoms with Crippen LogP contribution >= 0.6 is 0 Å². The lowest BCUT2D eigenvalue weighted by atomic mass is 9.95. The molecule has 0 saturated heterocycles. The van der Waals surface area contributed by atoms with Crippen molar-refractivity contribution in [3.05, 3.63) is 100 Å². The Labute approximate surface area is 196 Å². The largest absolute Gasteiger partial charge is 0.507 e. The van der Waals surface area contributed by atoms with Gasteiger partial charge in [0.2, 0.25) is 0 Å². The Bertz CT molecular complexity index is 1350. The number of halogens is 1. The van der Waals surface area contributed by atoms with E-state index in [-0.39, 0.29) is 17.2 Å². The molecule has 4 aromatic rings. The highest BCUT2D eigenvalue weighted by atomic mass is 19.1. The van der Waals surface area contributed by atoms with Gasteiger partial charge in [-0.1, -0.05) is 42.0 Å². The van der Waals surface area contributed by atoms with Crippen molar-refractivity contribution in [2.45, 2.75) is 19.4 Å². The number of H-pyrrole nitrogens is 1. The summed E-state index contributed by atoms with van der Waals surface area (Å²) in [5, 5.41) is 17.6. The number of methoxy groups -OCH3 is 1.